The van der Waals surface area contributed by atoms with Crippen molar-refractivity contribution in [2.24, 2.45) is 0 Å². The first kappa shape index (κ1) is 17.3. The Hall–Kier alpha value is -1.71. The lowest BCUT2D eigenvalue weighted by molar-refractivity contribution is -0.384. The van der Waals surface area contributed by atoms with Gasteiger partial charge < -0.3 is 10.0 Å². The highest BCUT2D eigenvalue weighted by Crippen LogP contribution is 2.22. The quantitative estimate of drug-likeness (QED) is 0.445. The number of non-ortho nitro benzene ring substituents is 1. The van der Waals surface area contributed by atoms with Crippen molar-refractivity contribution in [3.8, 4) is 0 Å². The van der Waals surface area contributed by atoms with E-state index in [9.17, 15) is 19.7 Å². The number of benzene rings is 1. The number of amides is 1. The zero-order valence-electron chi connectivity index (χ0n) is 11.6. The van der Waals surface area contributed by atoms with Crippen LogP contribution in [0.3, 0.4) is 0 Å². The Bertz CT molecular complexity index is 576. The molecule has 1 aromatic rings. The molecule has 0 aliphatic rings. The highest BCUT2D eigenvalue weighted by atomic mass is 127. The average molecular weight is 406 g/mol. The molecule has 1 amide bonds. The van der Waals surface area contributed by atoms with Crippen molar-refractivity contribution in [2.75, 3.05) is 6.54 Å². The van der Waals surface area contributed by atoms with Gasteiger partial charge in [0.2, 0.25) is 0 Å². The van der Waals surface area contributed by atoms with Crippen LogP contribution in [0.25, 0.3) is 0 Å². The van der Waals surface area contributed by atoms with E-state index in [4.69, 9.17) is 5.11 Å². The van der Waals surface area contributed by atoms with Gasteiger partial charge in [-0.3, -0.25) is 19.7 Å². The van der Waals surface area contributed by atoms with Gasteiger partial charge in [-0.2, -0.15) is 0 Å². The first-order valence-corrected chi connectivity index (χ1v) is 7.32. The number of nitro groups is 1. The molecule has 1 atom stereocenters. The number of carbonyl (C=O) groups is 2. The Morgan fingerprint density at radius 2 is 2.10 bits per heavy atom. The first-order valence-electron chi connectivity index (χ1n) is 6.24. The summed E-state index contributed by atoms with van der Waals surface area (Å²) in [5, 5.41) is 19.6. The fourth-order valence-electron chi connectivity index (χ4n) is 1.96. The molecule has 1 aromatic carbocycles. The SMILES string of the molecule is CCN(C(=O)c1cc([N+](=O)[O-])ccc1I)C(C)CC(=O)O. The lowest BCUT2D eigenvalue weighted by Gasteiger charge is -2.27. The fraction of sp³-hybridized carbons (Fsp3) is 0.385. The topological polar surface area (TPSA) is 101 Å². The second-order valence-corrected chi connectivity index (χ2v) is 5.62. The van der Waals surface area contributed by atoms with E-state index in [2.05, 4.69) is 0 Å². The maximum absolute atomic E-state index is 12.5. The van der Waals surface area contributed by atoms with Crippen molar-refractivity contribution >= 4 is 40.2 Å². The van der Waals surface area contributed by atoms with Crippen molar-refractivity contribution in [1.82, 2.24) is 4.90 Å². The molecule has 8 heteroatoms. The predicted molar refractivity (Wildman–Crippen MR) is 84.2 cm³/mol. The van der Waals surface area contributed by atoms with Crippen LogP contribution in [0.4, 0.5) is 5.69 Å². The molecule has 114 valence electrons. The molecule has 1 N–H and O–H groups in total. The highest BCUT2D eigenvalue weighted by molar-refractivity contribution is 14.1. The summed E-state index contributed by atoms with van der Waals surface area (Å²) >= 11 is 1.93. The Kier molecular flexibility index (Phi) is 6.06. The van der Waals surface area contributed by atoms with Crippen LogP contribution in [-0.4, -0.2) is 39.4 Å². The number of hydrogen-bond donors (Lipinski definition) is 1. The standard InChI is InChI=1S/C13H15IN2O5/c1-3-15(8(2)6-12(17)18)13(19)10-7-9(16(20)21)4-5-11(10)14/h4-5,7-8H,3,6H2,1-2H3,(H,17,18). The lowest BCUT2D eigenvalue weighted by atomic mass is 10.1. The number of aliphatic carboxylic acids is 1. The van der Waals surface area contributed by atoms with E-state index >= 15 is 0 Å². The summed E-state index contributed by atoms with van der Waals surface area (Å²) in [5.41, 5.74) is 0.0459. The van der Waals surface area contributed by atoms with Gasteiger partial charge in [-0.15, -0.1) is 0 Å². The molecule has 0 aromatic heterocycles. The lowest BCUT2D eigenvalue weighted by Crippen LogP contribution is -2.40. The largest absolute Gasteiger partial charge is 0.481 e. The normalized spacial score (nSPS) is 11.8. The molecule has 0 saturated carbocycles. The van der Waals surface area contributed by atoms with E-state index in [-0.39, 0.29) is 17.7 Å². The number of carboxylic acids is 1. The maximum Gasteiger partial charge on any atom is 0.305 e. The van der Waals surface area contributed by atoms with Crippen LogP contribution < -0.4 is 0 Å². The second kappa shape index (κ2) is 7.34. The Balaban J connectivity index is 3.12. The van der Waals surface area contributed by atoms with Gasteiger partial charge in [0.25, 0.3) is 11.6 Å². The number of carbonyl (C=O) groups excluding carboxylic acids is 1. The molecule has 0 heterocycles. The van der Waals surface area contributed by atoms with Crippen LogP contribution in [0.15, 0.2) is 18.2 Å². The van der Waals surface area contributed by atoms with Crippen LogP contribution >= 0.6 is 22.6 Å². The fourth-order valence-corrected chi connectivity index (χ4v) is 2.53. The minimum Gasteiger partial charge on any atom is -0.481 e. The first-order chi connectivity index (χ1) is 9.77. The molecular weight excluding hydrogens is 391 g/mol. The number of carboxylic acid groups (broad SMARTS) is 1. The number of nitrogens with zero attached hydrogens (tertiary/aromatic N) is 2. The van der Waals surface area contributed by atoms with Crippen LogP contribution in [0.1, 0.15) is 30.6 Å². The third-order valence-corrected chi connectivity index (χ3v) is 3.94. The zero-order valence-corrected chi connectivity index (χ0v) is 13.7. The van der Waals surface area contributed by atoms with E-state index < -0.39 is 22.8 Å². The van der Waals surface area contributed by atoms with Gasteiger partial charge in [0.05, 0.1) is 16.9 Å². The Morgan fingerprint density at radius 1 is 1.48 bits per heavy atom. The average Bonchev–Trinajstić information content (AvgIpc) is 2.38. The van der Waals surface area contributed by atoms with Crippen LogP contribution in [0.5, 0.6) is 0 Å². The summed E-state index contributed by atoms with van der Waals surface area (Å²) in [4.78, 5) is 34.9. The monoisotopic (exact) mass is 406 g/mol. The van der Waals surface area contributed by atoms with Crippen LogP contribution in [0.2, 0.25) is 0 Å². The zero-order chi connectivity index (χ0) is 16.2. The minimum atomic E-state index is -0.998. The molecule has 1 unspecified atom stereocenters. The Labute approximate surface area is 135 Å². The van der Waals surface area contributed by atoms with Crippen LogP contribution in [0, 0.1) is 13.7 Å². The van der Waals surface area contributed by atoms with E-state index in [1.165, 1.54) is 23.1 Å². The molecular formula is C13H15IN2O5. The van der Waals surface area contributed by atoms with Crippen molar-refractivity contribution < 1.29 is 19.6 Å². The molecule has 0 fully saturated rings. The second-order valence-electron chi connectivity index (χ2n) is 4.46. The number of nitro benzene ring substituents is 1. The summed E-state index contributed by atoms with van der Waals surface area (Å²) in [6, 6.07) is 3.56. The number of halogens is 1. The van der Waals surface area contributed by atoms with Gasteiger partial charge in [-0.25, -0.2) is 0 Å². The predicted octanol–water partition coefficient (Wildman–Crippen LogP) is 2.52. The summed E-state index contributed by atoms with van der Waals surface area (Å²) < 4.78 is 0.587. The van der Waals surface area contributed by atoms with Gasteiger partial charge in [0.15, 0.2) is 0 Å². The maximum atomic E-state index is 12.5. The Morgan fingerprint density at radius 3 is 2.57 bits per heavy atom. The van der Waals surface area contributed by atoms with Crippen molar-refractivity contribution in [3.63, 3.8) is 0 Å². The van der Waals surface area contributed by atoms with Crippen molar-refractivity contribution in [1.29, 1.82) is 0 Å². The molecule has 7 nitrogen and oxygen atoms in total. The molecule has 0 aliphatic carbocycles. The molecule has 0 bridgehead atoms. The molecule has 0 saturated heterocycles. The molecule has 0 aliphatic heterocycles. The van der Waals surface area contributed by atoms with Crippen LogP contribution in [-0.2, 0) is 4.79 Å². The summed E-state index contributed by atoms with van der Waals surface area (Å²) in [7, 11) is 0. The number of rotatable bonds is 6. The summed E-state index contributed by atoms with van der Waals surface area (Å²) in [6.07, 6.45) is -0.176. The summed E-state index contributed by atoms with van der Waals surface area (Å²) in [5.74, 6) is -1.40. The van der Waals surface area contributed by atoms with Crippen molar-refractivity contribution in [3.05, 3.63) is 37.4 Å². The minimum absolute atomic E-state index is 0.166. The van der Waals surface area contributed by atoms with Gasteiger partial charge >= 0.3 is 5.97 Å². The molecule has 0 radical (unpaired) electrons. The van der Waals surface area contributed by atoms with Crippen molar-refractivity contribution in [2.45, 2.75) is 26.3 Å². The third kappa shape index (κ3) is 4.38. The smallest absolute Gasteiger partial charge is 0.305 e. The third-order valence-electron chi connectivity index (χ3n) is 2.99. The van der Waals surface area contributed by atoms with E-state index in [0.717, 1.165) is 0 Å². The van der Waals surface area contributed by atoms with Gasteiger partial charge in [-0.1, -0.05) is 0 Å². The molecule has 0 spiro atoms. The molecule has 1 rings (SSSR count). The summed E-state index contributed by atoms with van der Waals surface area (Å²) in [6.45, 7) is 3.70. The van der Waals surface area contributed by atoms with Gasteiger partial charge in [0.1, 0.15) is 0 Å². The number of hydrogen-bond acceptors (Lipinski definition) is 4. The van der Waals surface area contributed by atoms with Gasteiger partial charge in [-0.05, 0) is 42.5 Å². The van der Waals surface area contributed by atoms with E-state index in [1.54, 1.807) is 13.8 Å². The molecule has 21 heavy (non-hydrogen) atoms. The van der Waals surface area contributed by atoms with Gasteiger partial charge in [0, 0.05) is 28.3 Å². The van der Waals surface area contributed by atoms with E-state index in [0.29, 0.717) is 10.1 Å². The highest BCUT2D eigenvalue weighted by Gasteiger charge is 2.25. The van der Waals surface area contributed by atoms with E-state index in [1.807, 2.05) is 22.6 Å².